The van der Waals surface area contributed by atoms with Crippen molar-refractivity contribution in [2.75, 3.05) is 19.7 Å². The average Bonchev–Trinajstić information content (AvgIpc) is 3.43. The summed E-state index contributed by atoms with van der Waals surface area (Å²) >= 11 is 0. The number of rotatable bonds is 3. The van der Waals surface area contributed by atoms with E-state index in [0.29, 0.717) is 25.3 Å². The summed E-state index contributed by atoms with van der Waals surface area (Å²) in [4.78, 5) is 14.4. The molecule has 0 aliphatic carbocycles. The number of nitrogens with zero attached hydrogens (tertiary/aromatic N) is 4. The lowest BCUT2D eigenvalue weighted by atomic mass is 10.1. The van der Waals surface area contributed by atoms with Crippen LogP contribution in [0.2, 0.25) is 0 Å². The van der Waals surface area contributed by atoms with E-state index in [0.717, 1.165) is 22.3 Å². The third kappa shape index (κ3) is 2.95. The maximum atomic E-state index is 12.6. The fraction of sp³-hybridized carbons (Fsp3) is 0.190. The number of amides is 1. The number of aromatic nitrogens is 3. The van der Waals surface area contributed by atoms with Gasteiger partial charge >= 0.3 is 0 Å². The fourth-order valence-corrected chi connectivity index (χ4v) is 3.51. The highest BCUT2D eigenvalue weighted by Crippen LogP contribution is 2.27. The Kier molecular flexibility index (Phi) is 4.14. The molecule has 0 bridgehead atoms. The van der Waals surface area contributed by atoms with Gasteiger partial charge in [-0.15, -0.1) is 5.10 Å². The summed E-state index contributed by atoms with van der Waals surface area (Å²) in [5.74, 6) is -0.0649. The van der Waals surface area contributed by atoms with Crippen molar-refractivity contribution in [3.8, 4) is 11.1 Å². The van der Waals surface area contributed by atoms with Crippen molar-refractivity contribution < 1.29 is 13.9 Å². The molecule has 0 saturated carbocycles. The van der Waals surface area contributed by atoms with Crippen LogP contribution in [0.1, 0.15) is 22.2 Å². The predicted molar refractivity (Wildman–Crippen MR) is 102 cm³/mol. The van der Waals surface area contributed by atoms with E-state index in [-0.39, 0.29) is 12.0 Å². The molecule has 4 heterocycles. The second-order valence-electron chi connectivity index (χ2n) is 6.71. The van der Waals surface area contributed by atoms with Gasteiger partial charge in [0.2, 0.25) is 0 Å². The third-order valence-electron chi connectivity index (χ3n) is 4.97. The van der Waals surface area contributed by atoms with E-state index >= 15 is 0 Å². The molecule has 1 unspecified atom stereocenters. The average molecular weight is 374 g/mol. The third-order valence-corrected chi connectivity index (χ3v) is 4.97. The summed E-state index contributed by atoms with van der Waals surface area (Å²) < 4.78 is 12.7. The SMILES string of the molecule is O=C(c1ccoc1)N1CCOC(c2nnn3cc(-c4ccccc4)ccc23)C1. The fourth-order valence-electron chi connectivity index (χ4n) is 3.51. The summed E-state index contributed by atoms with van der Waals surface area (Å²) in [5.41, 5.74) is 4.34. The van der Waals surface area contributed by atoms with Gasteiger partial charge in [-0.1, -0.05) is 41.6 Å². The Labute approximate surface area is 161 Å². The predicted octanol–water partition coefficient (Wildman–Crippen LogP) is 3.20. The highest BCUT2D eigenvalue weighted by atomic mass is 16.5. The lowest BCUT2D eigenvalue weighted by Crippen LogP contribution is -2.42. The van der Waals surface area contributed by atoms with Gasteiger partial charge in [0.25, 0.3) is 5.91 Å². The van der Waals surface area contributed by atoms with Crippen LogP contribution in [0.4, 0.5) is 0 Å². The molecule has 7 heteroatoms. The monoisotopic (exact) mass is 374 g/mol. The van der Waals surface area contributed by atoms with Crippen molar-refractivity contribution in [2.45, 2.75) is 6.10 Å². The number of morpholine rings is 1. The van der Waals surface area contributed by atoms with E-state index in [1.807, 2.05) is 30.5 Å². The molecule has 1 fully saturated rings. The minimum atomic E-state index is -0.315. The summed E-state index contributed by atoms with van der Waals surface area (Å²) in [5, 5.41) is 8.61. The molecule has 140 valence electrons. The van der Waals surface area contributed by atoms with Gasteiger partial charge in [-0.05, 0) is 17.7 Å². The molecule has 1 atom stereocenters. The van der Waals surface area contributed by atoms with Gasteiger partial charge in [0.1, 0.15) is 18.1 Å². The number of fused-ring (bicyclic) bond motifs is 1. The molecule has 1 aliphatic heterocycles. The van der Waals surface area contributed by atoms with Gasteiger partial charge in [-0.25, -0.2) is 4.52 Å². The number of benzene rings is 1. The first kappa shape index (κ1) is 16.7. The van der Waals surface area contributed by atoms with Crippen LogP contribution in [-0.4, -0.2) is 45.3 Å². The normalized spacial score (nSPS) is 17.1. The first-order chi connectivity index (χ1) is 13.8. The zero-order chi connectivity index (χ0) is 18.9. The van der Waals surface area contributed by atoms with E-state index in [2.05, 4.69) is 28.5 Å². The summed E-state index contributed by atoms with van der Waals surface area (Å²) in [6.07, 6.45) is 4.61. The van der Waals surface area contributed by atoms with Crippen molar-refractivity contribution in [2.24, 2.45) is 0 Å². The molecule has 28 heavy (non-hydrogen) atoms. The minimum Gasteiger partial charge on any atom is -0.472 e. The number of furan rings is 1. The molecule has 0 spiro atoms. The molecule has 5 rings (SSSR count). The van der Waals surface area contributed by atoms with Crippen molar-refractivity contribution in [1.82, 2.24) is 19.7 Å². The molecule has 1 aliphatic rings. The van der Waals surface area contributed by atoms with Crippen molar-refractivity contribution in [3.05, 3.63) is 78.5 Å². The second-order valence-corrected chi connectivity index (χ2v) is 6.71. The van der Waals surface area contributed by atoms with Crippen LogP contribution < -0.4 is 0 Å². The highest BCUT2D eigenvalue weighted by Gasteiger charge is 2.29. The largest absolute Gasteiger partial charge is 0.472 e. The van der Waals surface area contributed by atoms with E-state index in [1.165, 1.54) is 12.5 Å². The number of carbonyl (C=O) groups excluding carboxylic acids is 1. The molecule has 1 aromatic carbocycles. The molecule has 0 radical (unpaired) electrons. The Hall–Kier alpha value is -3.45. The van der Waals surface area contributed by atoms with Gasteiger partial charge in [0.05, 0.1) is 30.5 Å². The van der Waals surface area contributed by atoms with Crippen LogP contribution in [0.3, 0.4) is 0 Å². The molecule has 4 aromatic rings. The Bertz CT molecular complexity index is 1110. The number of carbonyl (C=O) groups is 1. The lowest BCUT2D eigenvalue weighted by Gasteiger charge is -2.31. The van der Waals surface area contributed by atoms with Gasteiger partial charge in [0.15, 0.2) is 0 Å². The summed E-state index contributed by atoms with van der Waals surface area (Å²) in [6.45, 7) is 1.42. The van der Waals surface area contributed by atoms with Crippen molar-refractivity contribution >= 4 is 11.4 Å². The van der Waals surface area contributed by atoms with E-state index in [9.17, 15) is 4.79 Å². The maximum absolute atomic E-state index is 12.6. The number of pyridine rings is 1. The maximum Gasteiger partial charge on any atom is 0.257 e. The molecule has 0 N–H and O–H groups in total. The summed E-state index contributed by atoms with van der Waals surface area (Å²) in [7, 11) is 0. The first-order valence-electron chi connectivity index (χ1n) is 9.13. The van der Waals surface area contributed by atoms with Crippen LogP contribution in [0.25, 0.3) is 16.6 Å². The number of hydrogen-bond acceptors (Lipinski definition) is 5. The standard InChI is InChI=1S/C21H18N4O3/c26-21(17-8-10-27-14-17)24-9-11-28-19(13-24)20-18-7-6-16(12-25(18)23-22-20)15-4-2-1-3-5-15/h1-8,10,12,14,19H,9,11,13H2. The molecule has 1 amide bonds. The van der Waals surface area contributed by atoms with Crippen molar-refractivity contribution in [3.63, 3.8) is 0 Å². The summed E-state index contributed by atoms with van der Waals surface area (Å²) in [6, 6.07) is 15.8. The van der Waals surface area contributed by atoms with Crippen LogP contribution in [-0.2, 0) is 4.74 Å². The Balaban J connectivity index is 1.42. The van der Waals surface area contributed by atoms with E-state index in [4.69, 9.17) is 9.15 Å². The van der Waals surface area contributed by atoms with Gasteiger partial charge in [-0.2, -0.15) is 0 Å². The second kappa shape index (κ2) is 6.94. The minimum absolute atomic E-state index is 0.0649. The van der Waals surface area contributed by atoms with Gasteiger partial charge < -0.3 is 14.1 Å². The smallest absolute Gasteiger partial charge is 0.257 e. The molecular weight excluding hydrogens is 356 g/mol. The molecular formula is C21H18N4O3. The van der Waals surface area contributed by atoms with Gasteiger partial charge in [0, 0.05) is 18.3 Å². The van der Waals surface area contributed by atoms with Gasteiger partial charge in [-0.3, -0.25) is 4.79 Å². The molecule has 1 saturated heterocycles. The van der Waals surface area contributed by atoms with E-state index < -0.39 is 0 Å². The molecule has 3 aromatic heterocycles. The topological polar surface area (TPSA) is 72.9 Å². The Morgan fingerprint density at radius 1 is 1.07 bits per heavy atom. The van der Waals surface area contributed by atoms with Crippen LogP contribution >= 0.6 is 0 Å². The quantitative estimate of drug-likeness (QED) is 0.551. The zero-order valence-electron chi connectivity index (χ0n) is 15.1. The highest BCUT2D eigenvalue weighted by molar-refractivity contribution is 5.93. The zero-order valence-corrected chi connectivity index (χ0v) is 15.1. The van der Waals surface area contributed by atoms with Crippen molar-refractivity contribution in [1.29, 1.82) is 0 Å². The lowest BCUT2D eigenvalue weighted by molar-refractivity contribution is -0.0241. The molecule has 7 nitrogen and oxygen atoms in total. The van der Waals surface area contributed by atoms with Crippen LogP contribution in [0.5, 0.6) is 0 Å². The van der Waals surface area contributed by atoms with Crippen LogP contribution in [0, 0.1) is 0 Å². The van der Waals surface area contributed by atoms with E-state index in [1.54, 1.807) is 15.5 Å². The first-order valence-corrected chi connectivity index (χ1v) is 9.13. The van der Waals surface area contributed by atoms with Crippen LogP contribution in [0.15, 0.2) is 71.7 Å². The Morgan fingerprint density at radius 2 is 1.96 bits per heavy atom. The Morgan fingerprint density at radius 3 is 2.79 bits per heavy atom. The number of ether oxygens (including phenoxy) is 1. The number of hydrogen-bond donors (Lipinski definition) is 0.